The molecule has 1 saturated carbocycles. The van der Waals surface area contributed by atoms with Crippen molar-refractivity contribution in [3.05, 3.63) is 69.2 Å². The van der Waals surface area contributed by atoms with Gasteiger partial charge in [0.05, 0.1) is 10.0 Å². The van der Waals surface area contributed by atoms with E-state index in [-0.39, 0.29) is 5.41 Å². The van der Waals surface area contributed by atoms with Crippen molar-refractivity contribution in [1.82, 2.24) is 4.90 Å². The quantitative estimate of drug-likeness (QED) is 0.692. The van der Waals surface area contributed by atoms with Gasteiger partial charge in [-0.15, -0.1) is 0 Å². The maximum absolute atomic E-state index is 9.94. The van der Waals surface area contributed by atoms with Gasteiger partial charge < -0.3 is 5.11 Å². The molecule has 4 rings (SSSR count). The van der Waals surface area contributed by atoms with Crippen LogP contribution in [0.1, 0.15) is 36.8 Å². The van der Waals surface area contributed by atoms with Crippen molar-refractivity contribution in [2.45, 2.75) is 37.1 Å². The van der Waals surface area contributed by atoms with Gasteiger partial charge in [-0.3, -0.25) is 4.90 Å². The van der Waals surface area contributed by atoms with E-state index in [1.165, 1.54) is 11.1 Å². The number of aromatic hydroxyl groups is 1. The van der Waals surface area contributed by atoms with Crippen molar-refractivity contribution in [2.24, 2.45) is 0 Å². The molecule has 0 radical (unpaired) electrons. The number of phenolic OH excluding ortho intramolecular Hbond substituents is 1. The lowest BCUT2D eigenvalue weighted by Gasteiger charge is -2.51. The molecule has 1 heterocycles. The number of piperidine rings is 1. The Kier molecular flexibility index (Phi) is 4.77. The van der Waals surface area contributed by atoms with Crippen LogP contribution in [0.5, 0.6) is 5.75 Å². The summed E-state index contributed by atoms with van der Waals surface area (Å²) in [6.07, 6.45) is 6.70. The Morgan fingerprint density at radius 2 is 1.96 bits per heavy atom. The van der Waals surface area contributed by atoms with Gasteiger partial charge in [-0.1, -0.05) is 53.1 Å². The van der Waals surface area contributed by atoms with E-state index in [0.717, 1.165) is 37.8 Å². The molecule has 4 heteroatoms. The van der Waals surface area contributed by atoms with E-state index in [2.05, 4.69) is 24.1 Å². The number of benzene rings is 2. The lowest BCUT2D eigenvalue weighted by atomic mass is 9.62. The Labute approximate surface area is 165 Å². The molecule has 0 aromatic heterocycles. The smallest absolute Gasteiger partial charge is 0.115 e. The van der Waals surface area contributed by atoms with Gasteiger partial charge >= 0.3 is 0 Å². The number of hydrogen-bond acceptors (Lipinski definition) is 2. The molecule has 2 atom stereocenters. The minimum absolute atomic E-state index is 0.172. The van der Waals surface area contributed by atoms with E-state index in [9.17, 15) is 5.11 Å². The molecule has 136 valence electrons. The highest BCUT2D eigenvalue weighted by Crippen LogP contribution is 2.49. The molecule has 26 heavy (non-hydrogen) atoms. The van der Waals surface area contributed by atoms with Crippen LogP contribution in [-0.4, -0.2) is 29.6 Å². The minimum Gasteiger partial charge on any atom is -0.508 e. The van der Waals surface area contributed by atoms with Gasteiger partial charge in [0, 0.05) is 6.04 Å². The fourth-order valence-corrected chi connectivity index (χ4v) is 4.90. The van der Waals surface area contributed by atoms with Gasteiger partial charge in [0.2, 0.25) is 0 Å². The third-order valence-corrected chi connectivity index (χ3v) is 6.87. The van der Waals surface area contributed by atoms with Crippen LogP contribution in [0.15, 0.2) is 48.0 Å². The molecule has 1 saturated heterocycles. The molecule has 2 aromatic carbocycles. The maximum Gasteiger partial charge on any atom is 0.115 e. The fraction of sp³-hybridized carbons (Fsp3) is 0.364. The zero-order chi connectivity index (χ0) is 18.3. The summed E-state index contributed by atoms with van der Waals surface area (Å²) in [4.78, 5) is 2.46. The van der Waals surface area contributed by atoms with Crippen LogP contribution in [0.2, 0.25) is 10.0 Å². The van der Waals surface area contributed by atoms with Crippen LogP contribution >= 0.6 is 23.2 Å². The van der Waals surface area contributed by atoms with E-state index in [1.54, 1.807) is 6.07 Å². The maximum atomic E-state index is 9.94. The predicted octanol–water partition coefficient (Wildman–Crippen LogP) is 5.91. The third-order valence-electron chi connectivity index (χ3n) is 6.13. The molecule has 0 spiro atoms. The molecule has 2 bridgehead atoms. The van der Waals surface area contributed by atoms with E-state index in [0.29, 0.717) is 21.8 Å². The molecule has 0 amide bonds. The zero-order valence-electron chi connectivity index (χ0n) is 14.9. The van der Waals surface area contributed by atoms with Gasteiger partial charge in [-0.05, 0) is 80.1 Å². The summed E-state index contributed by atoms with van der Waals surface area (Å²) >= 11 is 12.2. The summed E-state index contributed by atoms with van der Waals surface area (Å²) in [5, 5.41) is 11.1. The average molecular weight is 388 g/mol. The van der Waals surface area contributed by atoms with Gasteiger partial charge in [0.1, 0.15) is 5.75 Å². The van der Waals surface area contributed by atoms with Crippen molar-refractivity contribution < 1.29 is 5.11 Å². The topological polar surface area (TPSA) is 23.5 Å². The average Bonchev–Trinajstić information content (AvgIpc) is 2.63. The lowest BCUT2D eigenvalue weighted by molar-refractivity contribution is 0.108. The summed E-state index contributed by atoms with van der Waals surface area (Å²) < 4.78 is 0. The molecule has 2 fully saturated rings. The molecular formula is C22H23Cl2NO. The number of rotatable bonds is 2. The van der Waals surface area contributed by atoms with Crippen LogP contribution < -0.4 is 0 Å². The summed E-state index contributed by atoms with van der Waals surface area (Å²) in [6.45, 7) is 1.07. The first-order chi connectivity index (χ1) is 12.5. The van der Waals surface area contributed by atoms with Gasteiger partial charge in [0.25, 0.3) is 0 Å². The minimum atomic E-state index is 0.172. The fourth-order valence-electron chi connectivity index (χ4n) is 4.59. The second-order valence-electron chi connectivity index (χ2n) is 7.67. The van der Waals surface area contributed by atoms with E-state index in [4.69, 9.17) is 23.2 Å². The van der Waals surface area contributed by atoms with Gasteiger partial charge in [-0.2, -0.15) is 0 Å². The molecule has 2 aliphatic rings. The van der Waals surface area contributed by atoms with Crippen molar-refractivity contribution >= 4 is 29.3 Å². The monoisotopic (exact) mass is 387 g/mol. The number of likely N-dealkylation sites (tertiary alicyclic amines) is 1. The first-order valence-electron chi connectivity index (χ1n) is 9.12. The highest BCUT2D eigenvalue weighted by molar-refractivity contribution is 6.42. The molecule has 2 aromatic rings. The highest BCUT2D eigenvalue weighted by atomic mass is 35.5. The summed E-state index contributed by atoms with van der Waals surface area (Å²) in [7, 11) is 2.21. The summed E-state index contributed by atoms with van der Waals surface area (Å²) in [6, 6.07) is 14.1. The van der Waals surface area contributed by atoms with Crippen LogP contribution in [0, 0.1) is 0 Å². The lowest BCUT2D eigenvalue weighted by Crippen LogP contribution is -2.51. The normalized spacial score (nSPS) is 27.7. The number of phenols is 1. The van der Waals surface area contributed by atoms with Crippen molar-refractivity contribution in [2.75, 3.05) is 13.6 Å². The largest absolute Gasteiger partial charge is 0.508 e. The SMILES string of the molecule is CN1CCC2(c3cccc(O)c3)CC/C(=C/c3ccc(Cl)c(Cl)c3)C1C2. The summed E-state index contributed by atoms with van der Waals surface area (Å²) in [5.74, 6) is 0.365. The molecule has 2 unspecified atom stereocenters. The van der Waals surface area contributed by atoms with Gasteiger partial charge in [-0.25, -0.2) is 0 Å². The number of fused-ring (bicyclic) bond motifs is 2. The van der Waals surface area contributed by atoms with Crippen LogP contribution in [0.3, 0.4) is 0 Å². The molecular weight excluding hydrogens is 365 g/mol. The number of halogens is 2. The molecule has 1 aliphatic heterocycles. The summed E-state index contributed by atoms with van der Waals surface area (Å²) in [5.41, 5.74) is 4.02. The third kappa shape index (κ3) is 3.26. The second-order valence-corrected chi connectivity index (χ2v) is 8.49. The van der Waals surface area contributed by atoms with E-state index >= 15 is 0 Å². The Bertz CT molecular complexity index is 863. The second kappa shape index (κ2) is 6.92. The molecule has 1 aliphatic carbocycles. The van der Waals surface area contributed by atoms with Crippen LogP contribution in [-0.2, 0) is 5.41 Å². The van der Waals surface area contributed by atoms with Crippen LogP contribution in [0.25, 0.3) is 6.08 Å². The zero-order valence-corrected chi connectivity index (χ0v) is 16.4. The van der Waals surface area contributed by atoms with Crippen molar-refractivity contribution in [3.63, 3.8) is 0 Å². The Balaban J connectivity index is 1.66. The number of nitrogens with zero attached hydrogens (tertiary/aromatic N) is 1. The van der Waals surface area contributed by atoms with Crippen molar-refractivity contribution in [1.29, 1.82) is 0 Å². The van der Waals surface area contributed by atoms with Crippen molar-refractivity contribution in [3.8, 4) is 5.75 Å². The Morgan fingerprint density at radius 3 is 2.73 bits per heavy atom. The first kappa shape index (κ1) is 17.9. The van der Waals surface area contributed by atoms with Gasteiger partial charge in [0.15, 0.2) is 0 Å². The van der Waals surface area contributed by atoms with E-state index in [1.807, 2.05) is 30.3 Å². The Morgan fingerprint density at radius 1 is 1.12 bits per heavy atom. The Hall–Kier alpha value is -1.48. The molecule has 2 nitrogen and oxygen atoms in total. The van der Waals surface area contributed by atoms with Crippen LogP contribution in [0.4, 0.5) is 0 Å². The first-order valence-corrected chi connectivity index (χ1v) is 9.88. The predicted molar refractivity (Wildman–Crippen MR) is 109 cm³/mol. The van der Waals surface area contributed by atoms with E-state index < -0.39 is 0 Å². The molecule has 1 N–H and O–H groups in total. The standard InChI is InChI=1S/C22H23Cl2NO/c1-25-10-9-22(17-3-2-4-18(26)13-17)8-7-16(21(25)14-22)11-15-5-6-19(23)20(24)12-15/h2-6,11-13,21,26H,7-10,14H2,1H3/b16-11-. The highest BCUT2D eigenvalue weighted by Gasteiger charge is 2.44. The number of likely N-dealkylation sites (N-methyl/N-ethyl adjacent to an activating group) is 1. The number of hydrogen-bond donors (Lipinski definition) is 1.